The molecule has 0 atom stereocenters. The van der Waals surface area contributed by atoms with Crippen LogP contribution in [0.15, 0.2) is 0 Å². The van der Waals surface area contributed by atoms with Crippen LogP contribution in [0.1, 0.15) is 13.8 Å². The monoisotopic (exact) mass is 224 g/mol. The Bertz CT molecular complexity index is 180. The Labute approximate surface area is 82.9 Å². The number of ketones is 2. The van der Waals surface area contributed by atoms with Crippen LogP contribution in [0.4, 0.5) is 0 Å². The van der Waals surface area contributed by atoms with E-state index in [0.717, 1.165) is 0 Å². The molecule has 0 amide bonds. The summed E-state index contributed by atoms with van der Waals surface area (Å²) in [5.41, 5.74) is 0. The van der Waals surface area contributed by atoms with E-state index < -0.39 is 17.4 Å². The number of hydrogen-bond donors (Lipinski definition) is 0. The van der Waals surface area contributed by atoms with Crippen LogP contribution in [0.2, 0.25) is 9.45 Å². The van der Waals surface area contributed by atoms with Gasteiger partial charge >= 0.3 is 82.7 Å². The van der Waals surface area contributed by atoms with Crippen molar-refractivity contribution in [2.45, 2.75) is 23.3 Å². The van der Waals surface area contributed by atoms with Gasteiger partial charge < -0.3 is 0 Å². The summed E-state index contributed by atoms with van der Waals surface area (Å²) >= 11 is -3.09. The molecule has 0 unspecified atom stereocenters. The number of carbonyl (C=O) groups excluding carboxylic acids is 2. The van der Waals surface area contributed by atoms with Crippen molar-refractivity contribution in [3.8, 4) is 0 Å². The Kier molecular flexibility index (Phi) is 5.64. The van der Waals surface area contributed by atoms with Gasteiger partial charge in [-0.1, -0.05) is 0 Å². The minimum absolute atomic E-state index is 0.0185. The Morgan fingerprint density at radius 3 is 1.46 bits per heavy atom. The molecule has 0 aromatic rings. The molecule has 0 heterocycles. The van der Waals surface area contributed by atoms with Crippen LogP contribution in [0.5, 0.6) is 0 Å². The van der Waals surface area contributed by atoms with E-state index in [9.17, 15) is 9.59 Å². The summed E-state index contributed by atoms with van der Waals surface area (Å²) in [6.07, 6.45) is 0. The second-order valence-electron chi connectivity index (χ2n) is 3.08. The van der Waals surface area contributed by atoms with Crippen LogP contribution in [0.25, 0.3) is 0 Å². The summed E-state index contributed by atoms with van der Waals surface area (Å²) in [5, 5.41) is 0. The molecule has 0 aliphatic heterocycles. The van der Waals surface area contributed by atoms with Crippen molar-refractivity contribution in [1.82, 2.24) is 0 Å². The molecule has 13 heavy (non-hydrogen) atoms. The first-order chi connectivity index (χ1) is 5.95. The quantitative estimate of drug-likeness (QED) is 0.637. The summed E-state index contributed by atoms with van der Waals surface area (Å²) in [6.45, 7) is 2.97. The third-order valence-electron chi connectivity index (χ3n) is 1.78. The van der Waals surface area contributed by atoms with E-state index in [1.165, 1.54) is 28.1 Å². The first kappa shape index (κ1) is 13.0. The van der Waals surface area contributed by atoms with Gasteiger partial charge in [0.1, 0.15) is 0 Å². The molecular formula is C8H16O4Ti. The maximum atomic E-state index is 10.9. The van der Waals surface area contributed by atoms with Crippen molar-refractivity contribution in [3.63, 3.8) is 0 Å². The molecule has 0 saturated heterocycles. The van der Waals surface area contributed by atoms with Crippen molar-refractivity contribution in [3.05, 3.63) is 0 Å². The van der Waals surface area contributed by atoms with Gasteiger partial charge in [0, 0.05) is 0 Å². The maximum absolute atomic E-state index is 10.9. The van der Waals surface area contributed by atoms with E-state index in [-0.39, 0.29) is 21.0 Å². The molecule has 0 saturated carbocycles. The zero-order chi connectivity index (χ0) is 10.5. The Hall–Kier alpha value is -0.0257. The van der Waals surface area contributed by atoms with E-state index in [2.05, 4.69) is 0 Å². The fourth-order valence-electron chi connectivity index (χ4n) is 1.19. The molecule has 0 radical (unpaired) electrons. The zero-order valence-electron chi connectivity index (χ0n) is 8.55. The molecule has 5 heteroatoms. The van der Waals surface area contributed by atoms with Gasteiger partial charge in [0.15, 0.2) is 0 Å². The molecule has 0 bridgehead atoms. The predicted octanol–water partition coefficient (Wildman–Crippen LogP) is 1.28. The molecule has 76 valence electrons. The Balaban J connectivity index is 4.48. The molecule has 0 N–H and O–H groups in total. The van der Waals surface area contributed by atoms with Crippen molar-refractivity contribution in [1.29, 1.82) is 0 Å². The van der Waals surface area contributed by atoms with E-state index in [1.54, 1.807) is 0 Å². The molecular weight excluding hydrogens is 208 g/mol. The zero-order valence-corrected chi connectivity index (χ0v) is 10.1. The van der Waals surface area contributed by atoms with Gasteiger partial charge in [-0.15, -0.1) is 0 Å². The summed E-state index contributed by atoms with van der Waals surface area (Å²) in [7, 11) is 3.02. The SMILES string of the molecule is C[O][Ti]([CH2]C(C)=O)([CH2]C(C)=O)[O]C. The van der Waals surface area contributed by atoms with Crippen LogP contribution in [-0.2, 0) is 33.6 Å². The van der Waals surface area contributed by atoms with E-state index in [0.29, 0.717) is 0 Å². The molecule has 0 aromatic carbocycles. The summed E-state index contributed by atoms with van der Waals surface area (Å²) in [5.74, 6) is 0.0369. The second kappa shape index (κ2) is 5.65. The minimum atomic E-state index is -3.09. The van der Waals surface area contributed by atoms with Gasteiger partial charge in [-0.25, -0.2) is 0 Å². The fraction of sp³-hybridized carbons (Fsp3) is 0.750. The van der Waals surface area contributed by atoms with Gasteiger partial charge in [0.05, 0.1) is 0 Å². The van der Waals surface area contributed by atoms with E-state index in [4.69, 9.17) is 6.64 Å². The van der Waals surface area contributed by atoms with Crippen molar-refractivity contribution < 1.29 is 33.6 Å². The number of hydrogen-bond acceptors (Lipinski definition) is 4. The topological polar surface area (TPSA) is 52.6 Å². The second-order valence-corrected chi connectivity index (χ2v) is 8.30. The van der Waals surface area contributed by atoms with E-state index in [1.807, 2.05) is 0 Å². The van der Waals surface area contributed by atoms with Crippen LogP contribution in [0.3, 0.4) is 0 Å². The van der Waals surface area contributed by atoms with Crippen molar-refractivity contribution >= 4 is 11.6 Å². The standard InChI is InChI=1S/2C3H5O.2CH3O.Ti/c2*1-3(2)4;2*1-2;/h2*1H2,2H3;2*1H3;/q;;2*-1;+2. The van der Waals surface area contributed by atoms with Crippen LogP contribution >= 0.6 is 0 Å². The number of rotatable bonds is 6. The first-order valence-electron chi connectivity index (χ1n) is 4.05. The van der Waals surface area contributed by atoms with Gasteiger partial charge in [0.25, 0.3) is 0 Å². The third-order valence-corrected chi connectivity index (χ3v) is 7.34. The number of carbonyl (C=O) groups is 2. The van der Waals surface area contributed by atoms with Gasteiger partial charge in [-0.2, -0.15) is 0 Å². The van der Waals surface area contributed by atoms with E-state index >= 15 is 0 Å². The molecule has 0 fully saturated rings. The molecule has 0 spiro atoms. The van der Waals surface area contributed by atoms with Crippen LogP contribution < -0.4 is 0 Å². The van der Waals surface area contributed by atoms with Gasteiger partial charge in [-0.3, -0.25) is 0 Å². The van der Waals surface area contributed by atoms with Crippen LogP contribution in [0, 0.1) is 0 Å². The normalized spacial score (nSPS) is 11.4. The summed E-state index contributed by atoms with van der Waals surface area (Å²) < 4.78 is 11.0. The predicted molar refractivity (Wildman–Crippen MR) is 45.0 cm³/mol. The molecule has 4 nitrogen and oxygen atoms in total. The molecule has 0 rings (SSSR count). The Morgan fingerprint density at radius 2 is 1.31 bits per heavy atom. The summed E-state index contributed by atoms with van der Waals surface area (Å²) in [6, 6.07) is 0. The molecule has 0 aromatic heterocycles. The third kappa shape index (κ3) is 4.67. The fourth-order valence-corrected chi connectivity index (χ4v) is 4.92. The average molecular weight is 224 g/mol. The van der Waals surface area contributed by atoms with Crippen LogP contribution in [-0.4, -0.2) is 25.8 Å². The van der Waals surface area contributed by atoms with Crippen molar-refractivity contribution in [2.75, 3.05) is 14.2 Å². The molecule has 0 aliphatic carbocycles. The summed E-state index contributed by atoms with van der Waals surface area (Å²) in [4.78, 5) is 21.9. The number of Topliss-reactive ketones (excluding diaryl/α,β-unsaturated/α-hetero) is 2. The first-order valence-corrected chi connectivity index (χ1v) is 7.53. The van der Waals surface area contributed by atoms with Crippen molar-refractivity contribution in [2.24, 2.45) is 0 Å². The average Bonchev–Trinajstić information content (AvgIpc) is 2.01. The van der Waals surface area contributed by atoms with Gasteiger partial charge in [-0.05, 0) is 0 Å². The Morgan fingerprint density at radius 1 is 1.00 bits per heavy atom. The molecule has 0 aliphatic rings. The van der Waals surface area contributed by atoms with Gasteiger partial charge in [0.2, 0.25) is 0 Å².